The van der Waals surface area contributed by atoms with Gasteiger partial charge in [0.2, 0.25) is 5.91 Å². The van der Waals surface area contributed by atoms with Crippen LogP contribution >= 0.6 is 0 Å². The summed E-state index contributed by atoms with van der Waals surface area (Å²) in [5, 5.41) is 2.77. The average Bonchev–Trinajstić information content (AvgIpc) is 2.72. The monoisotopic (exact) mass is 232 g/mol. The zero-order valence-corrected chi connectivity index (χ0v) is 9.76. The van der Waals surface area contributed by atoms with Crippen LogP contribution in [0.3, 0.4) is 0 Å². The summed E-state index contributed by atoms with van der Waals surface area (Å²) in [4.78, 5) is 15.6. The van der Waals surface area contributed by atoms with Crippen LogP contribution in [0.1, 0.15) is 6.92 Å². The summed E-state index contributed by atoms with van der Waals surface area (Å²) in [6, 6.07) is 7.44. The molecule has 0 saturated carbocycles. The number of hydrogen-bond donors (Lipinski definition) is 2. The first kappa shape index (κ1) is 11.6. The minimum Gasteiger partial charge on any atom is -0.353 e. The number of fused-ring (bicyclic) bond motifs is 1. The Hall–Kier alpha value is -1.88. The molecule has 0 saturated heterocycles. The second kappa shape index (κ2) is 4.97. The minimum absolute atomic E-state index is 0.130. The second-order valence-corrected chi connectivity index (χ2v) is 4.01. The van der Waals surface area contributed by atoms with Gasteiger partial charge in [-0.05, 0) is 19.1 Å². The van der Waals surface area contributed by atoms with Crippen molar-refractivity contribution in [2.75, 3.05) is 6.54 Å². The number of nitrogens with two attached hydrogens (primary N) is 1. The number of para-hydroxylation sites is 2. The molecule has 5 nitrogen and oxygen atoms in total. The quantitative estimate of drug-likeness (QED) is 0.806. The summed E-state index contributed by atoms with van der Waals surface area (Å²) in [6.45, 7) is 2.92. The number of carbonyl (C=O) groups excluding carboxylic acids is 1. The molecule has 3 N–H and O–H groups in total. The Kier molecular flexibility index (Phi) is 3.39. The molecular weight excluding hydrogens is 216 g/mol. The summed E-state index contributed by atoms with van der Waals surface area (Å²) in [7, 11) is 0. The first-order valence-corrected chi connectivity index (χ1v) is 5.61. The van der Waals surface area contributed by atoms with Crippen LogP contribution in [0.15, 0.2) is 30.6 Å². The van der Waals surface area contributed by atoms with Crippen LogP contribution in [0.4, 0.5) is 0 Å². The van der Waals surface area contributed by atoms with Crippen molar-refractivity contribution in [1.82, 2.24) is 14.9 Å². The summed E-state index contributed by atoms with van der Waals surface area (Å²) in [5.41, 5.74) is 7.49. The van der Waals surface area contributed by atoms with E-state index < -0.39 is 6.04 Å². The summed E-state index contributed by atoms with van der Waals surface area (Å²) in [5.74, 6) is -0.130. The van der Waals surface area contributed by atoms with Gasteiger partial charge in [-0.15, -0.1) is 0 Å². The number of amides is 1. The van der Waals surface area contributed by atoms with Crippen LogP contribution < -0.4 is 11.1 Å². The van der Waals surface area contributed by atoms with Gasteiger partial charge in [-0.3, -0.25) is 4.79 Å². The molecule has 0 fully saturated rings. The molecule has 17 heavy (non-hydrogen) atoms. The lowest BCUT2D eigenvalue weighted by Crippen LogP contribution is -2.39. The van der Waals surface area contributed by atoms with Crippen LogP contribution in [-0.4, -0.2) is 28.0 Å². The van der Waals surface area contributed by atoms with Crippen molar-refractivity contribution in [3.05, 3.63) is 30.6 Å². The minimum atomic E-state index is -0.463. The van der Waals surface area contributed by atoms with E-state index in [1.807, 2.05) is 28.8 Å². The number of carbonyl (C=O) groups is 1. The van der Waals surface area contributed by atoms with Crippen LogP contribution in [0, 0.1) is 0 Å². The summed E-state index contributed by atoms with van der Waals surface area (Å²) >= 11 is 0. The molecule has 0 spiro atoms. The summed E-state index contributed by atoms with van der Waals surface area (Å²) < 4.78 is 2.01. The lowest BCUT2D eigenvalue weighted by Gasteiger charge is -2.08. The fraction of sp³-hybridized carbons (Fsp3) is 0.333. The third kappa shape index (κ3) is 2.62. The molecule has 2 aromatic rings. The number of aromatic nitrogens is 2. The zero-order chi connectivity index (χ0) is 12.3. The van der Waals surface area contributed by atoms with Crippen LogP contribution in [0.25, 0.3) is 11.0 Å². The van der Waals surface area contributed by atoms with Gasteiger partial charge in [-0.1, -0.05) is 12.1 Å². The van der Waals surface area contributed by atoms with Gasteiger partial charge >= 0.3 is 0 Å². The highest BCUT2D eigenvalue weighted by atomic mass is 16.2. The molecule has 0 aliphatic carbocycles. The van der Waals surface area contributed by atoms with Gasteiger partial charge in [-0.25, -0.2) is 4.98 Å². The standard InChI is InChI=1S/C12H16N4O/c1-9(13)12(17)14-6-7-16-8-15-10-4-2-3-5-11(10)16/h2-5,8-9H,6-7,13H2,1H3,(H,14,17)/t9-/m1/s1. The molecule has 0 unspecified atom stereocenters. The lowest BCUT2D eigenvalue weighted by atomic mass is 10.3. The van der Waals surface area contributed by atoms with Crippen molar-refractivity contribution in [3.8, 4) is 0 Å². The average molecular weight is 232 g/mol. The largest absolute Gasteiger partial charge is 0.353 e. The van der Waals surface area contributed by atoms with Crippen molar-refractivity contribution in [3.63, 3.8) is 0 Å². The van der Waals surface area contributed by atoms with E-state index in [2.05, 4.69) is 10.3 Å². The molecule has 1 atom stereocenters. The highest BCUT2D eigenvalue weighted by Crippen LogP contribution is 2.10. The Morgan fingerprint density at radius 3 is 3.06 bits per heavy atom. The second-order valence-electron chi connectivity index (χ2n) is 4.01. The topological polar surface area (TPSA) is 72.9 Å². The Morgan fingerprint density at radius 1 is 1.53 bits per heavy atom. The molecule has 1 heterocycles. The molecule has 2 rings (SSSR count). The Labute approximate surface area is 99.6 Å². The third-order valence-electron chi connectivity index (χ3n) is 2.59. The van der Waals surface area contributed by atoms with Crippen LogP contribution in [0.2, 0.25) is 0 Å². The predicted molar refractivity (Wildman–Crippen MR) is 66.4 cm³/mol. The van der Waals surface area contributed by atoms with Gasteiger partial charge in [0, 0.05) is 13.1 Å². The van der Waals surface area contributed by atoms with E-state index in [1.54, 1.807) is 13.3 Å². The number of benzene rings is 1. The molecule has 0 aliphatic rings. The van der Waals surface area contributed by atoms with E-state index in [9.17, 15) is 4.79 Å². The van der Waals surface area contributed by atoms with E-state index in [1.165, 1.54) is 0 Å². The number of nitrogens with one attached hydrogen (secondary N) is 1. The Bertz CT molecular complexity index is 518. The van der Waals surface area contributed by atoms with Crippen molar-refractivity contribution >= 4 is 16.9 Å². The fourth-order valence-electron chi connectivity index (χ4n) is 1.65. The van der Waals surface area contributed by atoms with Gasteiger partial charge in [-0.2, -0.15) is 0 Å². The highest BCUT2D eigenvalue weighted by Gasteiger charge is 2.06. The molecule has 0 radical (unpaired) electrons. The molecule has 0 bridgehead atoms. The van der Waals surface area contributed by atoms with Gasteiger partial charge in [0.1, 0.15) is 0 Å². The summed E-state index contributed by atoms with van der Waals surface area (Å²) in [6.07, 6.45) is 1.78. The first-order chi connectivity index (χ1) is 8.18. The molecule has 1 amide bonds. The van der Waals surface area contributed by atoms with E-state index >= 15 is 0 Å². The number of imidazole rings is 1. The maximum Gasteiger partial charge on any atom is 0.236 e. The van der Waals surface area contributed by atoms with Crippen molar-refractivity contribution in [1.29, 1.82) is 0 Å². The van der Waals surface area contributed by atoms with Gasteiger partial charge in [0.25, 0.3) is 0 Å². The first-order valence-electron chi connectivity index (χ1n) is 5.61. The van der Waals surface area contributed by atoms with Crippen molar-refractivity contribution in [2.45, 2.75) is 19.5 Å². The zero-order valence-electron chi connectivity index (χ0n) is 9.76. The number of hydrogen-bond acceptors (Lipinski definition) is 3. The van der Waals surface area contributed by atoms with Gasteiger partial charge in [0.15, 0.2) is 0 Å². The van der Waals surface area contributed by atoms with E-state index in [-0.39, 0.29) is 5.91 Å². The highest BCUT2D eigenvalue weighted by molar-refractivity contribution is 5.81. The van der Waals surface area contributed by atoms with Gasteiger partial charge in [0.05, 0.1) is 23.4 Å². The maximum atomic E-state index is 11.3. The molecule has 5 heteroatoms. The van der Waals surface area contributed by atoms with E-state index in [0.29, 0.717) is 13.1 Å². The Balaban J connectivity index is 1.98. The van der Waals surface area contributed by atoms with Crippen LogP contribution in [-0.2, 0) is 11.3 Å². The van der Waals surface area contributed by atoms with Crippen molar-refractivity contribution in [2.24, 2.45) is 5.73 Å². The normalized spacial score (nSPS) is 12.6. The molecule has 0 aliphatic heterocycles. The number of rotatable bonds is 4. The lowest BCUT2D eigenvalue weighted by molar-refractivity contribution is -0.121. The molecule has 1 aromatic heterocycles. The smallest absolute Gasteiger partial charge is 0.236 e. The fourth-order valence-corrected chi connectivity index (χ4v) is 1.65. The van der Waals surface area contributed by atoms with Crippen molar-refractivity contribution < 1.29 is 4.79 Å². The maximum absolute atomic E-state index is 11.3. The van der Waals surface area contributed by atoms with Gasteiger partial charge < -0.3 is 15.6 Å². The Morgan fingerprint density at radius 2 is 2.29 bits per heavy atom. The molecule has 1 aromatic carbocycles. The van der Waals surface area contributed by atoms with Crippen LogP contribution in [0.5, 0.6) is 0 Å². The van der Waals surface area contributed by atoms with E-state index in [4.69, 9.17) is 5.73 Å². The molecular formula is C12H16N4O. The van der Waals surface area contributed by atoms with E-state index in [0.717, 1.165) is 11.0 Å². The predicted octanol–water partition coefficient (Wildman–Crippen LogP) is 0.500. The molecule has 90 valence electrons. The SMILES string of the molecule is C[C@@H](N)C(=O)NCCn1cnc2ccccc21. The number of nitrogens with zero attached hydrogens (tertiary/aromatic N) is 2. The third-order valence-corrected chi connectivity index (χ3v) is 2.59.